The first-order chi connectivity index (χ1) is 5.66. The van der Waals surface area contributed by atoms with Crippen LogP contribution in [0.5, 0.6) is 0 Å². The molecule has 72 valence electrons. The third-order valence-corrected chi connectivity index (χ3v) is 1.27. The van der Waals surface area contributed by atoms with Crippen LogP contribution in [0.3, 0.4) is 0 Å². The third-order valence-electron chi connectivity index (χ3n) is 1.27. The lowest BCUT2D eigenvalue weighted by atomic mass is 10.4. The molecule has 4 heteroatoms. The predicted molar refractivity (Wildman–Crippen MR) is 44.2 cm³/mol. The van der Waals surface area contributed by atoms with Crippen molar-refractivity contribution in [3.8, 4) is 0 Å². The molecule has 0 saturated heterocycles. The lowest BCUT2D eigenvalue weighted by Gasteiger charge is -2.11. The van der Waals surface area contributed by atoms with Crippen LogP contribution in [-0.2, 0) is 14.3 Å². The minimum atomic E-state index is -0.835. The summed E-state index contributed by atoms with van der Waals surface area (Å²) in [5.74, 6) is -0.835. The van der Waals surface area contributed by atoms with Crippen molar-refractivity contribution in [2.24, 2.45) is 0 Å². The normalized spacial score (nSPS) is 12.8. The maximum Gasteiger partial charge on any atom is 0.305 e. The van der Waals surface area contributed by atoms with Crippen molar-refractivity contribution in [1.29, 1.82) is 0 Å². The summed E-state index contributed by atoms with van der Waals surface area (Å²) in [6, 6.07) is 0. The van der Waals surface area contributed by atoms with Crippen LogP contribution in [0.25, 0.3) is 0 Å². The van der Waals surface area contributed by atoms with E-state index >= 15 is 0 Å². The highest BCUT2D eigenvalue weighted by molar-refractivity contribution is 5.66. The van der Waals surface area contributed by atoms with E-state index in [4.69, 9.17) is 14.6 Å². The Balaban J connectivity index is 3.19. The van der Waals surface area contributed by atoms with Crippen molar-refractivity contribution in [2.45, 2.75) is 26.4 Å². The van der Waals surface area contributed by atoms with Crippen LogP contribution in [0.4, 0.5) is 0 Å². The Hall–Kier alpha value is -0.610. The van der Waals surface area contributed by atoms with Gasteiger partial charge in [-0.1, -0.05) is 0 Å². The van der Waals surface area contributed by atoms with Gasteiger partial charge in [0.1, 0.15) is 0 Å². The Kier molecular flexibility index (Phi) is 6.70. The standard InChI is InChI=1S/C8H16O4/c1-3-11-6-7(2)12-5-4-8(9)10/h7H,3-6H2,1-2H3,(H,9,10). The monoisotopic (exact) mass is 176 g/mol. The van der Waals surface area contributed by atoms with Crippen LogP contribution in [0, 0.1) is 0 Å². The topological polar surface area (TPSA) is 55.8 Å². The second kappa shape index (κ2) is 7.06. The Bertz CT molecular complexity index is 124. The van der Waals surface area contributed by atoms with Gasteiger partial charge < -0.3 is 14.6 Å². The Morgan fingerprint density at radius 2 is 2.25 bits per heavy atom. The fourth-order valence-electron chi connectivity index (χ4n) is 0.679. The van der Waals surface area contributed by atoms with Gasteiger partial charge in [-0.05, 0) is 13.8 Å². The smallest absolute Gasteiger partial charge is 0.305 e. The first kappa shape index (κ1) is 11.4. The molecule has 0 aliphatic rings. The van der Waals surface area contributed by atoms with Crippen molar-refractivity contribution < 1.29 is 19.4 Å². The Labute approximate surface area is 72.5 Å². The minimum Gasteiger partial charge on any atom is -0.481 e. The van der Waals surface area contributed by atoms with Gasteiger partial charge in [0.05, 0.1) is 25.7 Å². The number of hydrogen-bond acceptors (Lipinski definition) is 3. The molecular formula is C8H16O4. The van der Waals surface area contributed by atoms with E-state index in [1.165, 1.54) is 0 Å². The highest BCUT2D eigenvalue weighted by Crippen LogP contribution is 1.93. The fraction of sp³-hybridized carbons (Fsp3) is 0.875. The quantitative estimate of drug-likeness (QED) is 0.626. The van der Waals surface area contributed by atoms with Crippen LogP contribution < -0.4 is 0 Å². The van der Waals surface area contributed by atoms with Gasteiger partial charge in [-0.3, -0.25) is 4.79 Å². The van der Waals surface area contributed by atoms with Gasteiger partial charge in [-0.15, -0.1) is 0 Å². The molecule has 0 aromatic heterocycles. The lowest BCUT2D eigenvalue weighted by Crippen LogP contribution is -2.17. The first-order valence-corrected chi connectivity index (χ1v) is 4.08. The van der Waals surface area contributed by atoms with Crippen LogP contribution >= 0.6 is 0 Å². The molecule has 0 radical (unpaired) electrons. The summed E-state index contributed by atoms with van der Waals surface area (Å²) in [4.78, 5) is 10.1. The van der Waals surface area contributed by atoms with E-state index in [9.17, 15) is 4.79 Å². The van der Waals surface area contributed by atoms with E-state index in [0.717, 1.165) is 0 Å². The average molecular weight is 176 g/mol. The Morgan fingerprint density at radius 1 is 1.58 bits per heavy atom. The summed E-state index contributed by atoms with van der Waals surface area (Å²) >= 11 is 0. The summed E-state index contributed by atoms with van der Waals surface area (Å²) in [5, 5.41) is 8.29. The molecule has 0 rings (SSSR count). The van der Waals surface area contributed by atoms with E-state index in [0.29, 0.717) is 13.2 Å². The number of carboxylic acids is 1. The highest BCUT2D eigenvalue weighted by atomic mass is 16.5. The fourth-order valence-corrected chi connectivity index (χ4v) is 0.679. The molecule has 0 spiro atoms. The average Bonchev–Trinajstić information content (AvgIpc) is 2.00. The SMILES string of the molecule is CCOCC(C)OCCC(=O)O. The number of ether oxygens (including phenoxy) is 2. The van der Waals surface area contributed by atoms with Gasteiger partial charge in [0.15, 0.2) is 0 Å². The van der Waals surface area contributed by atoms with Crippen LogP contribution in [0.2, 0.25) is 0 Å². The molecule has 12 heavy (non-hydrogen) atoms. The van der Waals surface area contributed by atoms with Gasteiger partial charge >= 0.3 is 5.97 Å². The molecule has 0 amide bonds. The third kappa shape index (κ3) is 7.50. The number of carboxylic acid groups (broad SMARTS) is 1. The molecule has 0 aromatic carbocycles. The maximum absolute atomic E-state index is 10.1. The molecule has 0 aromatic rings. The van der Waals surface area contributed by atoms with Crippen LogP contribution in [0.1, 0.15) is 20.3 Å². The molecule has 0 aliphatic heterocycles. The molecule has 4 nitrogen and oxygen atoms in total. The molecule has 0 heterocycles. The zero-order valence-corrected chi connectivity index (χ0v) is 7.58. The first-order valence-electron chi connectivity index (χ1n) is 4.08. The van der Waals surface area contributed by atoms with E-state index in [2.05, 4.69) is 0 Å². The number of carbonyl (C=O) groups is 1. The van der Waals surface area contributed by atoms with Gasteiger partial charge in [-0.2, -0.15) is 0 Å². The molecule has 1 unspecified atom stereocenters. The van der Waals surface area contributed by atoms with Gasteiger partial charge in [0.2, 0.25) is 0 Å². The molecule has 1 atom stereocenters. The van der Waals surface area contributed by atoms with Crippen molar-refractivity contribution >= 4 is 5.97 Å². The van der Waals surface area contributed by atoms with E-state index in [1.807, 2.05) is 13.8 Å². The van der Waals surface area contributed by atoms with Crippen LogP contribution in [0.15, 0.2) is 0 Å². The molecule has 0 fully saturated rings. The zero-order valence-electron chi connectivity index (χ0n) is 7.58. The number of aliphatic carboxylic acids is 1. The largest absolute Gasteiger partial charge is 0.481 e. The van der Waals surface area contributed by atoms with E-state index in [-0.39, 0.29) is 19.1 Å². The zero-order chi connectivity index (χ0) is 9.40. The number of hydrogen-bond donors (Lipinski definition) is 1. The lowest BCUT2D eigenvalue weighted by molar-refractivity contribution is -0.138. The molecule has 0 bridgehead atoms. The van der Waals surface area contributed by atoms with Crippen molar-refractivity contribution in [3.05, 3.63) is 0 Å². The van der Waals surface area contributed by atoms with Crippen molar-refractivity contribution in [2.75, 3.05) is 19.8 Å². The summed E-state index contributed by atoms with van der Waals surface area (Å²) in [6.07, 6.45) is 0.0283. The van der Waals surface area contributed by atoms with Crippen LogP contribution in [-0.4, -0.2) is 37.0 Å². The maximum atomic E-state index is 10.1. The van der Waals surface area contributed by atoms with Crippen molar-refractivity contribution in [3.63, 3.8) is 0 Å². The predicted octanol–water partition coefficient (Wildman–Crippen LogP) is 0.903. The van der Waals surface area contributed by atoms with Gasteiger partial charge in [0, 0.05) is 6.61 Å². The summed E-state index contributed by atoms with van der Waals surface area (Å²) in [6.45, 7) is 5.20. The minimum absolute atomic E-state index is 0.0238. The highest BCUT2D eigenvalue weighted by Gasteiger charge is 2.02. The summed E-state index contributed by atoms with van der Waals surface area (Å²) in [5.41, 5.74) is 0. The molecule has 0 aliphatic carbocycles. The summed E-state index contributed by atoms with van der Waals surface area (Å²) < 4.78 is 10.2. The van der Waals surface area contributed by atoms with E-state index < -0.39 is 5.97 Å². The second-order valence-corrected chi connectivity index (χ2v) is 2.48. The number of rotatable bonds is 7. The van der Waals surface area contributed by atoms with Gasteiger partial charge in [0.25, 0.3) is 0 Å². The Morgan fingerprint density at radius 3 is 2.75 bits per heavy atom. The molecule has 1 N–H and O–H groups in total. The molecular weight excluding hydrogens is 160 g/mol. The van der Waals surface area contributed by atoms with Gasteiger partial charge in [-0.25, -0.2) is 0 Å². The second-order valence-electron chi connectivity index (χ2n) is 2.48. The van der Waals surface area contributed by atoms with E-state index in [1.54, 1.807) is 0 Å². The molecule has 0 saturated carbocycles. The van der Waals surface area contributed by atoms with Crippen molar-refractivity contribution in [1.82, 2.24) is 0 Å². The summed E-state index contributed by atoms with van der Waals surface area (Å²) in [7, 11) is 0.